The molecule has 23 heavy (non-hydrogen) atoms. The van der Waals surface area contributed by atoms with Gasteiger partial charge in [-0.1, -0.05) is 6.07 Å². The van der Waals surface area contributed by atoms with Crippen molar-refractivity contribution in [3.8, 4) is 11.8 Å². The predicted octanol–water partition coefficient (Wildman–Crippen LogP) is 1.62. The number of nitriles is 1. The Balaban J connectivity index is 1.69. The Bertz CT molecular complexity index is 761. The summed E-state index contributed by atoms with van der Waals surface area (Å²) >= 11 is 0. The number of carbonyl (C=O) groups excluding carboxylic acids is 1. The summed E-state index contributed by atoms with van der Waals surface area (Å²) < 4.78 is 0. The molecule has 0 bridgehead atoms. The Hall–Kier alpha value is -3.07. The molecule has 2 heterocycles. The number of aromatic hydroxyl groups is 1. The van der Waals surface area contributed by atoms with Gasteiger partial charge in [-0.3, -0.25) is 4.79 Å². The fourth-order valence-electron chi connectivity index (χ4n) is 2.68. The van der Waals surface area contributed by atoms with Gasteiger partial charge in [-0.15, -0.1) is 0 Å². The van der Waals surface area contributed by atoms with Crippen LogP contribution in [0.4, 0.5) is 5.82 Å². The number of anilines is 1. The molecule has 6 heteroatoms. The molecule has 116 valence electrons. The van der Waals surface area contributed by atoms with Crippen LogP contribution in [0.5, 0.6) is 5.75 Å². The Kier molecular flexibility index (Phi) is 4.11. The van der Waals surface area contributed by atoms with E-state index >= 15 is 0 Å². The van der Waals surface area contributed by atoms with Crippen LogP contribution in [0.25, 0.3) is 0 Å². The van der Waals surface area contributed by atoms with E-state index in [1.54, 1.807) is 41.4 Å². The lowest BCUT2D eigenvalue weighted by Crippen LogP contribution is -2.49. The minimum Gasteiger partial charge on any atom is -0.508 e. The molecule has 3 rings (SSSR count). The number of pyridine rings is 1. The average Bonchev–Trinajstić information content (AvgIpc) is 2.61. The van der Waals surface area contributed by atoms with Gasteiger partial charge in [0.05, 0.1) is 5.56 Å². The number of piperazine rings is 1. The second-order valence-corrected chi connectivity index (χ2v) is 5.32. The maximum Gasteiger partial charge on any atom is 0.254 e. The standard InChI is InChI=1S/C17H16N4O2/c18-12-14-4-2-6-19-16(14)20-7-9-21(10-8-20)17(23)13-3-1-5-15(22)11-13/h1-6,11,22H,7-10H2. The van der Waals surface area contributed by atoms with Crippen molar-refractivity contribution in [2.45, 2.75) is 0 Å². The third-order valence-electron chi connectivity index (χ3n) is 3.87. The minimum atomic E-state index is -0.0953. The van der Waals surface area contributed by atoms with Crippen LogP contribution < -0.4 is 4.90 Å². The first-order valence-electron chi connectivity index (χ1n) is 7.37. The number of aromatic nitrogens is 1. The first-order valence-corrected chi connectivity index (χ1v) is 7.37. The van der Waals surface area contributed by atoms with Crippen molar-refractivity contribution in [2.24, 2.45) is 0 Å². The average molecular weight is 308 g/mol. The van der Waals surface area contributed by atoms with Crippen molar-refractivity contribution in [2.75, 3.05) is 31.1 Å². The fourth-order valence-corrected chi connectivity index (χ4v) is 2.68. The molecule has 1 aliphatic rings. The molecule has 1 aliphatic heterocycles. The van der Waals surface area contributed by atoms with Gasteiger partial charge in [-0.05, 0) is 30.3 Å². The lowest BCUT2D eigenvalue weighted by molar-refractivity contribution is 0.0746. The number of hydrogen-bond donors (Lipinski definition) is 1. The maximum absolute atomic E-state index is 12.4. The van der Waals surface area contributed by atoms with E-state index < -0.39 is 0 Å². The summed E-state index contributed by atoms with van der Waals surface area (Å²) in [5.41, 5.74) is 1.02. The van der Waals surface area contributed by atoms with Crippen LogP contribution in [0.2, 0.25) is 0 Å². The molecule has 0 radical (unpaired) electrons. The van der Waals surface area contributed by atoms with Crippen LogP contribution in [0.15, 0.2) is 42.6 Å². The summed E-state index contributed by atoms with van der Waals surface area (Å²) in [6.45, 7) is 2.35. The second-order valence-electron chi connectivity index (χ2n) is 5.32. The molecule has 0 saturated carbocycles. The number of phenolic OH excluding ortho intramolecular Hbond substituents is 1. The summed E-state index contributed by atoms with van der Waals surface area (Å²) in [5.74, 6) is 0.656. The normalized spacial score (nSPS) is 14.4. The molecular weight excluding hydrogens is 292 g/mol. The van der Waals surface area contributed by atoms with Gasteiger partial charge in [0, 0.05) is 37.9 Å². The van der Waals surface area contributed by atoms with E-state index in [-0.39, 0.29) is 11.7 Å². The van der Waals surface area contributed by atoms with Gasteiger partial charge in [0.2, 0.25) is 0 Å². The molecule has 1 aromatic heterocycles. The summed E-state index contributed by atoms with van der Waals surface area (Å²) in [6, 6.07) is 12.0. The van der Waals surface area contributed by atoms with Crippen molar-refractivity contribution in [3.63, 3.8) is 0 Å². The summed E-state index contributed by atoms with van der Waals surface area (Å²) in [6.07, 6.45) is 1.67. The van der Waals surface area contributed by atoms with Crippen molar-refractivity contribution in [1.82, 2.24) is 9.88 Å². The highest BCUT2D eigenvalue weighted by Gasteiger charge is 2.24. The fraction of sp³-hybridized carbons (Fsp3) is 0.235. The molecule has 2 aromatic rings. The predicted molar refractivity (Wildman–Crippen MR) is 85.2 cm³/mol. The zero-order valence-electron chi connectivity index (χ0n) is 12.5. The van der Waals surface area contributed by atoms with Gasteiger partial charge in [-0.2, -0.15) is 5.26 Å². The highest BCUT2D eigenvalue weighted by Crippen LogP contribution is 2.19. The SMILES string of the molecule is N#Cc1cccnc1N1CCN(C(=O)c2cccc(O)c2)CC1. The lowest BCUT2D eigenvalue weighted by Gasteiger charge is -2.35. The van der Waals surface area contributed by atoms with E-state index in [2.05, 4.69) is 11.1 Å². The van der Waals surface area contributed by atoms with Crippen LogP contribution in [-0.4, -0.2) is 47.1 Å². The number of benzene rings is 1. The smallest absolute Gasteiger partial charge is 0.254 e. The monoisotopic (exact) mass is 308 g/mol. The number of carbonyl (C=O) groups is 1. The molecule has 1 N–H and O–H groups in total. The first-order chi connectivity index (χ1) is 11.2. The van der Waals surface area contributed by atoms with Gasteiger partial charge in [-0.25, -0.2) is 4.98 Å². The number of phenols is 1. The van der Waals surface area contributed by atoms with Gasteiger partial charge < -0.3 is 14.9 Å². The van der Waals surface area contributed by atoms with Gasteiger partial charge in [0.25, 0.3) is 5.91 Å². The van der Waals surface area contributed by atoms with Crippen LogP contribution >= 0.6 is 0 Å². The quantitative estimate of drug-likeness (QED) is 0.912. The molecule has 0 spiro atoms. The molecule has 1 fully saturated rings. The molecule has 1 saturated heterocycles. The van der Waals surface area contributed by atoms with Gasteiger partial charge in [0.1, 0.15) is 17.6 Å². The highest BCUT2D eigenvalue weighted by molar-refractivity contribution is 5.94. The minimum absolute atomic E-state index is 0.0848. The van der Waals surface area contributed by atoms with E-state index in [1.807, 2.05) is 4.90 Å². The maximum atomic E-state index is 12.4. The lowest BCUT2D eigenvalue weighted by atomic mass is 10.1. The molecule has 0 unspecified atom stereocenters. The molecule has 1 aromatic carbocycles. The van der Waals surface area contributed by atoms with Crippen molar-refractivity contribution in [3.05, 3.63) is 53.7 Å². The third-order valence-corrected chi connectivity index (χ3v) is 3.87. The Morgan fingerprint density at radius 2 is 1.96 bits per heavy atom. The zero-order valence-corrected chi connectivity index (χ0v) is 12.5. The molecule has 6 nitrogen and oxygen atoms in total. The Morgan fingerprint density at radius 3 is 2.65 bits per heavy atom. The largest absolute Gasteiger partial charge is 0.508 e. The highest BCUT2D eigenvalue weighted by atomic mass is 16.3. The summed E-state index contributed by atoms with van der Waals surface area (Å²) in [5, 5.41) is 18.6. The van der Waals surface area contributed by atoms with Gasteiger partial charge >= 0.3 is 0 Å². The number of amides is 1. The van der Waals surface area contributed by atoms with Crippen LogP contribution in [0, 0.1) is 11.3 Å². The first kappa shape index (κ1) is 14.9. The van der Waals surface area contributed by atoms with Crippen LogP contribution in [0.1, 0.15) is 15.9 Å². The number of rotatable bonds is 2. The van der Waals surface area contributed by atoms with Crippen LogP contribution in [0.3, 0.4) is 0 Å². The number of nitrogens with zero attached hydrogens (tertiary/aromatic N) is 4. The van der Waals surface area contributed by atoms with Crippen molar-refractivity contribution >= 4 is 11.7 Å². The Morgan fingerprint density at radius 1 is 1.17 bits per heavy atom. The topological polar surface area (TPSA) is 80.5 Å². The van der Waals surface area contributed by atoms with Crippen LogP contribution in [-0.2, 0) is 0 Å². The van der Waals surface area contributed by atoms with E-state index in [0.717, 1.165) is 0 Å². The molecule has 1 amide bonds. The molecular formula is C17H16N4O2. The summed E-state index contributed by atoms with van der Waals surface area (Å²) in [7, 11) is 0. The van der Waals surface area contributed by atoms with Crippen molar-refractivity contribution < 1.29 is 9.90 Å². The summed E-state index contributed by atoms with van der Waals surface area (Å²) in [4.78, 5) is 20.5. The second kappa shape index (κ2) is 6.36. The molecule has 0 atom stereocenters. The van der Waals surface area contributed by atoms with E-state index in [4.69, 9.17) is 5.26 Å². The van der Waals surface area contributed by atoms with E-state index in [1.165, 1.54) is 6.07 Å². The van der Waals surface area contributed by atoms with E-state index in [9.17, 15) is 9.90 Å². The van der Waals surface area contributed by atoms with Gasteiger partial charge in [0.15, 0.2) is 0 Å². The zero-order chi connectivity index (χ0) is 16.2. The third kappa shape index (κ3) is 3.09. The molecule has 0 aliphatic carbocycles. The Labute approximate surface area is 134 Å². The van der Waals surface area contributed by atoms with E-state index in [0.29, 0.717) is 43.1 Å². The van der Waals surface area contributed by atoms with Crippen molar-refractivity contribution in [1.29, 1.82) is 5.26 Å². The number of hydrogen-bond acceptors (Lipinski definition) is 5.